The van der Waals surface area contributed by atoms with Crippen molar-refractivity contribution >= 4 is 5.96 Å². The SMILES string of the molecule is CCNC(=NCc1c(OC)cc(OC)cc1OC)NCCOc1ccccc1. The maximum absolute atomic E-state index is 5.70. The summed E-state index contributed by atoms with van der Waals surface area (Å²) in [4.78, 5) is 4.64. The summed E-state index contributed by atoms with van der Waals surface area (Å²) in [5.74, 6) is 3.55. The second-order valence-electron chi connectivity index (χ2n) is 5.79. The van der Waals surface area contributed by atoms with E-state index in [1.165, 1.54) is 0 Å². The van der Waals surface area contributed by atoms with Crippen LogP contribution in [-0.4, -0.2) is 47.0 Å². The van der Waals surface area contributed by atoms with Crippen molar-refractivity contribution in [1.29, 1.82) is 0 Å². The van der Waals surface area contributed by atoms with Gasteiger partial charge in [-0.1, -0.05) is 18.2 Å². The Morgan fingerprint density at radius 2 is 1.57 bits per heavy atom. The quantitative estimate of drug-likeness (QED) is 0.371. The van der Waals surface area contributed by atoms with Gasteiger partial charge in [-0.15, -0.1) is 0 Å². The number of nitrogens with one attached hydrogen (secondary N) is 2. The Bertz CT molecular complexity index is 726. The van der Waals surface area contributed by atoms with E-state index in [1.54, 1.807) is 21.3 Å². The number of hydrogen-bond donors (Lipinski definition) is 2. The molecule has 0 bridgehead atoms. The molecule has 0 fully saturated rings. The van der Waals surface area contributed by atoms with Gasteiger partial charge in [-0.25, -0.2) is 4.99 Å². The van der Waals surface area contributed by atoms with Crippen molar-refractivity contribution in [3.63, 3.8) is 0 Å². The van der Waals surface area contributed by atoms with E-state index in [0.29, 0.717) is 42.9 Å². The lowest BCUT2D eigenvalue weighted by atomic mass is 10.1. The fraction of sp³-hybridized carbons (Fsp3) is 0.381. The number of methoxy groups -OCH3 is 3. The highest BCUT2D eigenvalue weighted by molar-refractivity contribution is 5.79. The molecular weight excluding hydrogens is 358 g/mol. The Morgan fingerprint density at radius 3 is 2.14 bits per heavy atom. The van der Waals surface area contributed by atoms with Crippen LogP contribution in [0.4, 0.5) is 0 Å². The Labute approximate surface area is 166 Å². The van der Waals surface area contributed by atoms with Gasteiger partial charge in [0, 0.05) is 18.7 Å². The van der Waals surface area contributed by atoms with Crippen molar-refractivity contribution in [2.24, 2.45) is 4.99 Å². The summed E-state index contributed by atoms with van der Waals surface area (Å²) >= 11 is 0. The molecule has 0 amide bonds. The smallest absolute Gasteiger partial charge is 0.191 e. The summed E-state index contributed by atoms with van der Waals surface area (Å²) in [7, 11) is 4.84. The molecule has 2 aromatic rings. The lowest BCUT2D eigenvalue weighted by molar-refractivity contribution is 0.322. The van der Waals surface area contributed by atoms with Crippen molar-refractivity contribution in [3.8, 4) is 23.0 Å². The molecule has 0 radical (unpaired) electrons. The van der Waals surface area contributed by atoms with Gasteiger partial charge in [-0.05, 0) is 19.1 Å². The molecule has 2 N–H and O–H groups in total. The molecule has 28 heavy (non-hydrogen) atoms. The Morgan fingerprint density at radius 1 is 0.893 bits per heavy atom. The van der Waals surface area contributed by atoms with Crippen LogP contribution in [0.25, 0.3) is 0 Å². The summed E-state index contributed by atoms with van der Waals surface area (Å²) in [5.41, 5.74) is 0.850. The summed E-state index contributed by atoms with van der Waals surface area (Å²) in [6, 6.07) is 13.4. The van der Waals surface area contributed by atoms with Gasteiger partial charge in [-0.2, -0.15) is 0 Å². The van der Waals surface area contributed by atoms with Gasteiger partial charge in [0.25, 0.3) is 0 Å². The highest BCUT2D eigenvalue weighted by Crippen LogP contribution is 2.34. The van der Waals surface area contributed by atoms with Gasteiger partial charge in [0.05, 0.1) is 40.0 Å². The van der Waals surface area contributed by atoms with Gasteiger partial charge in [0.1, 0.15) is 29.6 Å². The summed E-state index contributed by atoms with van der Waals surface area (Å²) in [5, 5.41) is 6.49. The predicted molar refractivity (Wildman–Crippen MR) is 111 cm³/mol. The number of aliphatic imine (C=N–C) groups is 1. The van der Waals surface area contributed by atoms with Crippen LogP contribution >= 0.6 is 0 Å². The van der Waals surface area contributed by atoms with E-state index < -0.39 is 0 Å². The molecule has 7 nitrogen and oxygen atoms in total. The molecule has 0 aliphatic carbocycles. The van der Waals surface area contributed by atoms with Crippen LogP contribution in [0.1, 0.15) is 12.5 Å². The van der Waals surface area contributed by atoms with E-state index in [2.05, 4.69) is 15.6 Å². The zero-order valence-corrected chi connectivity index (χ0v) is 17.0. The number of ether oxygens (including phenoxy) is 4. The first-order valence-corrected chi connectivity index (χ1v) is 9.20. The Kier molecular flexibility index (Phi) is 8.78. The highest BCUT2D eigenvalue weighted by Gasteiger charge is 2.13. The maximum Gasteiger partial charge on any atom is 0.191 e. The van der Waals surface area contributed by atoms with E-state index in [1.807, 2.05) is 49.4 Å². The molecule has 0 spiro atoms. The van der Waals surface area contributed by atoms with Gasteiger partial charge in [0.15, 0.2) is 5.96 Å². The second-order valence-corrected chi connectivity index (χ2v) is 5.79. The zero-order valence-electron chi connectivity index (χ0n) is 17.0. The number of guanidine groups is 1. The van der Waals surface area contributed by atoms with Gasteiger partial charge in [-0.3, -0.25) is 0 Å². The molecule has 2 rings (SSSR count). The molecule has 0 saturated heterocycles. The van der Waals surface area contributed by atoms with Gasteiger partial charge < -0.3 is 29.6 Å². The molecule has 0 aliphatic rings. The number of hydrogen-bond acceptors (Lipinski definition) is 5. The lowest BCUT2D eigenvalue weighted by Gasteiger charge is -2.15. The van der Waals surface area contributed by atoms with Crippen molar-refractivity contribution in [3.05, 3.63) is 48.0 Å². The van der Waals surface area contributed by atoms with E-state index >= 15 is 0 Å². The highest BCUT2D eigenvalue weighted by atomic mass is 16.5. The van der Waals surface area contributed by atoms with E-state index in [0.717, 1.165) is 17.9 Å². The average molecular weight is 387 g/mol. The minimum atomic E-state index is 0.394. The molecule has 7 heteroatoms. The number of para-hydroxylation sites is 1. The topological polar surface area (TPSA) is 73.3 Å². The van der Waals surface area contributed by atoms with Crippen molar-refractivity contribution in [2.75, 3.05) is 41.0 Å². The number of benzene rings is 2. The van der Waals surface area contributed by atoms with E-state index in [4.69, 9.17) is 18.9 Å². The third kappa shape index (κ3) is 6.26. The first-order valence-electron chi connectivity index (χ1n) is 9.20. The maximum atomic E-state index is 5.70. The first-order chi connectivity index (χ1) is 13.7. The van der Waals surface area contributed by atoms with E-state index in [-0.39, 0.29) is 0 Å². The fourth-order valence-corrected chi connectivity index (χ4v) is 2.59. The standard InChI is InChI=1S/C21H29N3O4/c1-5-22-21(23-11-12-28-16-9-7-6-8-10-16)24-15-18-19(26-3)13-17(25-2)14-20(18)27-4/h6-10,13-14H,5,11-12,15H2,1-4H3,(H2,22,23,24). The number of rotatable bonds is 10. The minimum Gasteiger partial charge on any atom is -0.496 e. The normalized spacial score (nSPS) is 10.9. The van der Waals surface area contributed by atoms with Crippen LogP contribution < -0.4 is 29.6 Å². The molecule has 0 heterocycles. The first kappa shape index (κ1) is 21.2. The monoisotopic (exact) mass is 387 g/mol. The summed E-state index contributed by atoms with van der Waals surface area (Å²) < 4.78 is 21.9. The van der Waals surface area contributed by atoms with Crippen LogP contribution in [0.2, 0.25) is 0 Å². The van der Waals surface area contributed by atoms with E-state index in [9.17, 15) is 0 Å². The molecule has 2 aromatic carbocycles. The van der Waals surface area contributed by atoms with Crippen LogP contribution in [0.3, 0.4) is 0 Å². The molecule has 152 valence electrons. The van der Waals surface area contributed by atoms with Gasteiger partial charge in [0.2, 0.25) is 0 Å². The average Bonchev–Trinajstić information content (AvgIpc) is 2.74. The van der Waals surface area contributed by atoms with Crippen LogP contribution in [0.5, 0.6) is 23.0 Å². The zero-order chi connectivity index (χ0) is 20.2. The summed E-state index contributed by atoms with van der Waals surface area (Å²) in [6.07, 6.45) is 0. The molecule has 0 saturated carbocycles. The molecule has 0 unspecified atom stereocenters. The second kappa shape index (κ2) is 11.6. The fourth-order valence-electron chi connectivity index (χ4n) is 2.59. The van der Waals surface area contributed by atoms with Crippen LogP contribution in [0.15, 0.2) is 47.5 Å². The van der Waals surface area contributed by atoms with Crippen LogP contribution in [0, 0.1) is 0 Å². The Hall–Kier alpha value is -3.09. The third-order valence-corrected chi connectivity index (χ3v) is 3.96. The Balaban J connectivity index is 2.01. The third-order valence-electron chi connectivity index (χ3n) is 3.96. The molecular formula is C21H29N3O4. The van der Waals surface area contributed by atoms with Crippen molar-refractivity contribution in [1.82, 2.24) is 10.6 Å². The van der Waals surface area contributed by atoms with Crippen molar-refractivity contribution in [2.45, 2.75) is 13.5 Å². The molecule has 0 aliphatic heterocycles. The van der Waals surface area contributed by atoms with Crippen molar-refractivity contribution < 1.29 is 18.9 Å². The summed E-state index contributed by atoms with van der Waals surface area (Å²) in [6.45, 7) is 4.32. The molecule has 0 aromatic heterocycles. The van der Waals surface area contributed by atoms with Crippen LogP contribution in [-0.2, 0) is 6.54 Å². The largest absolute Gasteiger partial charge is 0.496 e. The van der Waals surface area contributed by atoms with Gasteiger partial charge >= 0.3 is 0 Å². The minimum absolute atomic E-state index is 0.394. The predicted octanol–water partition coefficient (Wildman–Crippen LogP) is 2.85. The lowest BCUT2D eigenvalue weighted by Crippen LogP contribution is -2.39. The molecule has 0 atom stereocenters. The number of nitrogens with zero attached hydrogens (tertiary/aromatic N) is 1.